The number of amides is 1. The fourth-order valence-corrected chi connectivity index (χ4v) is 3.20. The number of non-ortho nitro benzene ring substituents is 1. The van der Waals surface area contributed by atoms with Crippen LogP contribution in [-0.4, -0.2) is 28.0 Å². The lowest BCUT2D eigenvalue weighted by Gasteiger charge is -2.21. The van der Waals surface area contributed by atoms with Crippen molar-refractivity contribution in [1.29, 1.82) is 0 Å². The highest BCUT2D eigenvalue weighted by molar-refractivity contribution is 5.94. The molecule has 0 saturated heterocycles. The van der Waals surface area contributed by atoms with E-state index in [0.29, 0.717) is 24.2 Å². The maximum Gasteiger partial charge on any atom is 0.279 e. The van der Waals surface area contributed by atoms with Crippen LogP contribution in [0.1, 0.15) is 36.9 Å². The lowest BCUT2D eigenvalue weighted by Crippen LogP contribution is -2.29. The average Bonchev–Trinajstić information content (AvgIpc) is 2.73. The summed E-state index contributed by atoms with van der Waals surface area (Å²) >= 11 is 0. The summed E-state index contributed by atoms with van der Waals surface area (Å²) in [5.74, 6) is 0.197. The minimum atomic E-state index is -0.787. The molecule has 2 N–H and O–H groups in total. The third kappa shape index (κ3) is 4.11. The molecule has 8 heteroatoms. The fourth-order valence-electron chi connectivity index (χ4n) is 3.20. The van der Waals surface area contributed by atoms with Gasteiger partial charge in [-0.15, -0.1) is 0 Å². The Bertz CT molecular complexity index is 1050. The molecule has 8 nitrogen and oxygen atoms in total. The second kappa shape index (κ2) is 8.55. The number of methoxy groups -OCH3 is 1. The summed E-state index contributed by atoms with van der Waals surface area (Å²) in [6, 6.07) is 10.5. The van der Waals surface area contributed by atoms with Gasteiger partial charge in [0.2, 0.25) is 5.91 Å². The number of nitro groups is 1. The summed E-state index contributed by atoms with van der Waals surface area (Å²) in [7, 11) is 1.54. The summed E-state index contributed by atoms with van der Waals surface area (Å²) in [6.07, 6.45) is 2.39. The second-order valence-electron chi connectivity index (χ2n) is 6.51. The molecule has 1 aromatic heterocycles. The van der Waals surface area contributed by atoms with Crippen LogP contribution >= 0.6 is 0 Å². The fraction of sp³-hybridized carbons (Fsp3) is 0.238. The van der Waals surface area contributed by atoms with Crippen molar-refractivity contribution in [3.8, 4) is 11.5 Å². The Morgan fingerprint density at radius 1 is 1.31 bits per heavy atom. The SMILES string of the molecule is CCCC(=O)N[C@@H](c1ccc(OC)cc1)c1cc([N+](=O)[O-])c2cccnc2c1O. The number of pyridine rings is 1. The molecule has 0 aliphatic rings. The summed E-state index contributed by atoms with van der Waals surface area (Å²) < 4.78 is 5.17. The molecule has 3 rings (SSSR count). The highest BCUT2D eigenvalue weighted by atomic mass is 16.6. The molecule has 0 aliphatic carbocycles. The zero-order valence-electron chi connectivity index (χ0n) is 16.1. The van der Waals surface area contributed by atoms with E-state index in [1.54, 1.807) is 37.4 Å². The third-order valence-corrected chi connectivity index (χ3v) is 4.61. The number of fused-ring (bicyclic) bond motifs is 1. The van der Waals surface area contributed by atoms with Gasteiger partial charge in [-0.1, -0.05) is 19.1 Å². The Morgan fingerprint density at radius 3 is 2.66 bits per heavy atom. The number of benzene rings is 2. The van der Waals surface area contributed by atoms with Gasteiger partial charge in [0.25, 0.3) is 5.69 Å². The number of aromatic nitrogens is 1. The van der Waals surface area contributed by atoms with Crippen molar-refractivity contribution in [2.75, 3.05) is 7.11 Å². The Hall–Kier alpha value is -3.68. The van der Waals surface area contributed by atoms with E-state index in [0.717, 1.165) is 0 Å². The zero-order chi connectivity index (χ0) is 21.0. The lowest BCUT2D eigenvalue weighted by molar-refractivity contribution is -0.383. The molecule has 1 atom stereocenters. The molecule has 29 heavy (non-hydrogen) atoms. The van der Waals surface area contributed by atoms with Crippen molar-refractivity contribution in [1.82, 2.24) is 10.3 Å². The molecule has 0 unspecified atom stereocenters. The molecule has 0 saturated carbocycles. The minimum Gasteiger partial charge on any atom is -0.505 e. The molecule has 0 radical (unpaired) electrons. The van der Waals surface area contributed by atoms with Gasteiger partial charge in [-0.3, -0.25) is 19.9 Å². The molecule has 0 spiro atoms. The van der Waals surface area contributed by atoms with Gasteiger partial charge < -0.3 is 15.2 Å². The lowest BCUT2D eigenvalue weighted by atomic mass is 9.95. The van der Waals surface area contributed by atoms with E-state index in [9.17, 15) is 20.0 Å². The van der Waals surface area contributed by atoms with Gasteiger partial charge in [0.05, 0.1) is 23.5 Å². The van der Waals surface area contributed by atoms with Gasteiger partial charge in [0, 0.05) is 24.2 Å². The van der Waals surface area contributed by atoms with Gasteiger partial charge in [-0.2, -0.15) is 0 Å². The molecule has 150 valence electrons. The standard InChI is InChI=1S/C21H21N3O5/c1-3-5-18(25)23-19(13-7-9-14(29-2)10-8-13)16-12-17(24(27)28)15-6-4-11-22-20(15)21(16)26/h4,6-12,19,26H,3,5H2,1-2H3,(H,23,25)/t19-/m0/s1. The van der Waals surface area contributed by atoms with E-state index in [-0.39, 0.29) is 33.8 Å². The highest BCUT2D eigenvalue weighted by Crippen LogP contribution is 2.39. The quantitative estimate of drug-likeness (QED) is 0.464. The Kier molecular flexibility index (Phi) is 5.92. The predicted molar refractivity (Wildman–Crippen MR) is 108 cm³/mol. The molecule has 0 aliphatic heterocycles. The van der Waals surface area contributed by atoms with Gasteiger partial charge in [-0.25, -0.2) is 0 Å². The topological polar surface area (TPSA) is 115 Å². The number of carbonyl (C=O) groups excluding carboxylic acids is 1. The van der Waals surface area contributed by atoms with Crippen molar-refractivity contribution in [2.24, 2.45) is 0 Å². The number of hydrogen-bond acceptors (Lipinski definition) is 6. The van der Waals surface area contributed by atoms with Crippen LogP contribution in [0.25, 0.3) is 10.9 Å². The van der Waals surface area contributed by atoms with Crippen molar-refractivity contribution in [2.45, 2.75) is 25.8 Å². The Morgan fingerprint density at radius 2 is 2.03 bits per heavy atom. The number of nitrogens with one attached hydrogen (secondary N) is 1. The molecule has 1 amide bonds. The van der Waals surface area contributed by atoms with Gasteiger partial charge in [-0.05, 0) is 36.2 Å². The smallest absolute Gasteiger partial charge is 0.279 e. The number of carbonyl (C=O) groups is 1. The van der Waals surface area contributed by atoms with E-state index in [1.807, 2.05) is 6.92 Å². The molecule has 0 fully saturated rings. The predicted octanol–water partition coefficient (Wildman–Crippen LogP) is 3.86. The molecular weight excluding hydrogens is 374 g/mol. The maximum atomic E-state index is 12.3. The summed E-state index contributed by atoms with van der Waals surface area (Å²) in [5, 5.41) is 25.6. The van der Waals surface area contributed by atoms with Crippen LogP contribution in [0.4, 0.5) is 5.69 Å². The van der Waals surface area contributed by atoms with Crippen LogP contribution in [0.15, 0.2) is 48.7 Å². The first kappa shape index (κ1) is 20.1. The summed E-state index contributed by atoms with van der Waals surface area (Å²) in [6.45, 7) is 1.88. The average molecular weight is 395 g/mol. The molecule has 3 aromatic rings. The highest BCUT2D eigenvalue weighted by Gasteiger charge is 2.26. The Balaban J connectivity index is 2.20. The van der Waals surface area contributed by atoms with Crippen LogP contribution in [0, 0.1) is 10.1 Å². The van der Waals surface area contributed by atoms with E-state index < -0.39 is 11.0 Å². The van der Waals surface area contributed by atoms with Crippen LogP contribution in [0.3, 0.4) is 0 Å². The molecule has 0 bridgehead atoms. The van der Waals surface area contributed by atoms with Crippen LogP contribution in [0.5, 0.6) is 11.5 Å². The van der Waals surface area contributed by atoms with Crippen molar-refractivity contribution >= 4 is 22.5 Å². The second-order valence-corrected chi connectivity index (χ2v) is 6.51. The number of ether oxygens (including phenoxy) is 1. The number of nitrogens with zero attached hydrogens (tertiary/aromatic N) is 2. The van der Waals surface area contributed by atoms with E-state index in [4.69, 9.17) is 4.74 Å². The van der Waals surface area contributed by atoms with Crippen LogP contribution < -0.4 is 10.1 Å². The van der Waals surface area contributed by atoms with Gasteiger partial charge in [0.15, 0.2) is 0 Å². The monoisotopic (exact) mass is 395 g/mol. The number of hydrogen-bond donors (Lipinski definition) is 2. The van der Waals surface area contributed by atoms with Crippen molar-refractivity contribution < 1.29 is 19.6 Å². The zero-order valence-corrected chi connectivity index (χ0v) is 16.1. The number of phenolic OH excluding ortho intramolecular Hbond substituents is 1. The third-order valence-electron chi connectivity index (χ3n) is 4.61. The van der Waals surface area contributed by atoms with Crippen LogP contribution in [-0.2, 0) is 4.79 Å². The minimum absolute atomic E-state index is 0.111. The van der Waals surface area contributed by atoms with E-state index in [2.05, 4.69) is 10.3 Å². The number of aromatic hydroxyl groups is 1. The first-order valence-corrected chi connectivity index (χ1v) is 9.14. The number of phenols is 1. The van der Waals surface area contributed by atoms with E-state index >= 15 is 0 Å². The molecule has 1 heterocycles. The first-order chi connectivity index (χ1) is 14.0. The van der Waals surface area contributed by atoms with Crippen molar-refractivity contribution in [3.63, 3.8) is 0 Å². The molecule has 2 aromatic carbocycles. The maximum absolute atomic E-state index is 12.3. The van der Waals surface area contributed by atoms with Crippen molar-refractivity contribution in [3.05, 3.63) is 69.9 Å². The van der Waals surface area contributed by atoms with E-state index in [1.165, 1.54) is 18.3 Å². The summed E-state index contributed by atoms with van der Waals surface area (Å²) in [4.78, 5) is 27.6. The normalized spacial score (nSPS) is 11.8. The Labute approximate surface area is 167 Å². The summed E-state index contributed by atoms with van der Waals surface area (Å²) in [5.41, 5.74) is 0.775. The van der Waals surface area contributed by atoms with Gasteiger partial charge in [0.1, 0.15) is 17.0 Å². The van der Waals surface area contributed by atoms with Gasteiger partial charge >= 0.3 is 0 Å². The largest absolute Gasteiger partial charge is 0.505 e. The first-order valence-electron chi connectivity index (χ1n) is 9.14. The van der Waals surface area contributed by atoms with Crippen LogP contribution in [0.2, 0.25) is 0 Å². The number of rotatable bonds is 7. The number of nitro benzene ring substituents is 1. The molecular formula is C21H21N3O5.